The van der Waals surface area contributed by atoms with Crippen LogP contribution >= 0.6 is 11.6 Å². The fourth-order valence-electron chi connectivity index (χ4n) is 1.42. The summed E-state index contributed by atoms with van der Waals surface area (Å²) in [6.07, 6.45) is 0. The summed E-state index contributed by atoms with van der Waals surface area (Å²) in [5.74, 6) is 0.682. The molecule has 0 aliphatic rings. The van der Waals surface area contributed by atoms with Gasteiger partial charge in [-0.1, -0.05) is 23.7 Å². The third-order valence-electron chi connectivity index (χ3n) is 2.12. The van der Waals surface area contributed by atoms with Gasteiger partial charge in [0.1, 0.15) is 6.61 Å². The molecule has 17 heavy (non-hydrogen) atoms. The van der Waals surface area contributed by atoms with Crippen molar-refractivity contribution >= 4 is 17.5 Å². The summed E-state index contributed by atoms with van der Waals surface area (Å²) in [4.78, 5) is 7.95. The van der Waals surface area contributed by atoms with Crippen LogP contribution in [-0.4, -0.2) is 9.97 Å². The molecule has 2 rings (SSSR count). The number of nitrogens with two attached hydrogens (primary N) is 1. The van der Waals surface area contributed by atoms with Crippen molar-refractivity contribution in [3.8, 4) is 5.88 Å². The number of rotatable bonds is 3. The first-order chi connectivity index (χ1) is 8.13. The lowest BCUT2D eigenvalue weighted by Gasteiger charge is -2.06. The van der Waals surface area contributed by atoms with E-state index in [1.165, 1.54) is 0 Å². The van der Waals surface area contributed by atoms with Crippen LogP contribution in [0.4, 0.5) is 5.95 Å². The van der Waals surface area contributed by atoms with E-state index >= 15 is 0 Å². The number of nitrogen functional groups attached to an aromatic ring is 1. The number of aryl methyl sites for hydroxylation is 1. The number of halogens is 1. The third kappa shape index (κ3) is 3.32. The van der Waals surface area contributed by atoms with Crippen molar-refractivity contribution in [3.05, 3.63) is 46.6 Å². The van der Waals surface area contributed by atoms with Crippen molar-refractivity contribution in [2.45, 2.75) is 13.5 Å². The van der Waals surface area contributed by atoms with Crippen LogP contribution in [0.25, 0.3) is 0 Å². The maximum atomic E-state index is 5.88. The molecule has 1 heterocycles. The summed E-state index contributed by atoms with van der Waals surface area (Å²) in [7, 11) is 0. The first kappa shape index (κ1) is 11.7. The summed E-state index contributed by atoms with van der Waals surface area (Å²) in [6.45, 7) is 2.24. The molecule has 0 radical (unpaired) electrons. The molecule has 0 fully saturated rings. The van der Waals surface area contributed by atoms with Gasteiger partial charge in [0, 0.05) is 16.8 Å². The second-order valence-corrected chi connectivity index (χ2v) is 4.06. The number of nitrogens with zero attached hydrogens (tertiary/aromatic N) is 2. The lowest BCUT2D eigenvalue weighted by atomic mass is 10.2. The van der Waals surface area contributed by atoms with E-state index in [2.05, 4.69) is 9.97 Å². The Morgan fingerprint density at radius 3 is 2.82 bits per heavy atom. The summed E-state index contributed by atoms with van der Waals surface area (Å²) in [5.41, 5.74) is 7.28. The maximum absolute atomic E-state index is 5.88. The van der Waals surface area contributed by atoms with Crippen molar-refractivity contribution in [2.75, 3.05) is 5.73 Å². The lowest BCUT2D eigenvalue weighted by Crippen LogP contribution is -2.02. The van der Waals surface area contributed by atoms with Gasteiger partial charge in [-0.15, -0.1) is 0 Å². The summed E-state index contributed by atoms with van der Waals surface area (Å²) >= 11 is 5.88. The number of ether oxygens (including phenoxy) is 1. The van der Waals surface area contributed by atoms with E-state index in [1.54, 1.807) is 6.07 Å². The Hall–Kier alpha value is -1.81. The quantitative estimate of drug-likeness (QED) is 0.908. The number of hydrogen-bond acceptors (Lipinski definition) is 4. The Balaban J connectivity index is 2.07. The minimum Gasteiger partial charge on any atom is -0.473 e. The average molecular weight is 250 g/mol. The molecule has 0 bridgehead atoms. The van der Waals surface area contributed by atoms with Crippen LogP contribution in [0, 0.1) is 6.92 Å². The fraction of sp³-hybridized carbons (Fsp3) is 0.167. The standard InChI is InChI=1S/C12H12ClN3O/c1-8-5-11(16-12(14)15-8)17-7-9-3-2-4-10(13)6-9/h2-6H,7H2,1H3,(H2,14,15,16). The average Bonchev–Trinajstić information content (AvgIpc) is 2.25. The monoisotopic (exact) mass is 249 g/mol. The van der Waals surface area contributed by atoms with Crippen LogP contribution in [0.15, 0.2) is 30.3 Å². The van der Waals surface area contributed by atoms with Crippen LogP contribution < -0.4 is 10.5 Å². The lowest BCUT2D eigenvalue weighted by molar-refractivity contribution is 0.293. The predicted octanol–water partition coefficient (Wildman–Crippen LogP) is 2.60. The Kier molecular flexibility index (Phi) is 3.44. The van der Waals surface area contributed by atoms with Crippen molar-refractivity contribution < 1.29 is 4.74 Å². The Morgan fingerprint density at radius 1 is 1.29 bits per heavy atom. The van der Waals surface area contributed by atoms with Gasteiger partial charge in [-0.2, -0.15) is 4.98 Å². The first-order valence-corrected chi connectivity index (χ1v) is 5.50. The Labute approximate surface area is 104 Å². The van der Waals surface area contributed by atoms with Gasteiger partial charge in [-0.05, 0) is 24.6 Å². The molecular weight excluding hydrogens is 238 g/mol. The molecule has 0 aliphatic heterocycles. The molecule has 0 spiro atoms. The molecule has 0 unspecified atom stereocenters. The smallest absolute Gasteiger partial charge is 0.223 e. The van der Waals surface area contributed by atoms with Crippen LogP contribution in [0.3, 0.4) is 0 Å². The molecule has 0 amide bonds. The Bertz CT molecular complexity index is 511. The van der Waals surface area contributed by atoms with E-state index in [0.717, 1.165) is 11.3 Å². The minimum absolute atomic E-state index is 0.214. The fourth-order valence-corrected chi connectivity index (χ4v) is 1.63. The van der Waals surface area contributed by atoms with Gasteiger partial charge in [0.05, 0.1) is 0 Å². The van der Waals surface area contributed by atoms with Crippen LogP contribution in [-0.2, 0) is 6.61 Å². The van der Waals surface area contributed by atoms with Gasteiger partial charge in [-0.3, -0.25) is 0 Å². The first-order valence-electron chi connectivity index (χ1n) is 5.12. The molecule has 0 atom stereocenters. The zero-order chi connectivity index (χ0) is 12.3. The molecule has 5 heteroatoms. The van der Waals surface area contributed by atoms with Gasteiger partial charge >= 0.3 is 0 Å². The topological polar surface area (TPSA) is 61.0 Å². The van der Waals surface area contributed by atoms with Gasteiger partial charge in [0.15, 0.2) is 0 Å². The van der Waals surface area contributed by atoms with Crippen molar-refractivity contribution in [1.82, 2.24) is 9.97 Å². The summed E-state index contributed by atoms with van der Waals surface area (Å²) in [5, 5.41) is 0.685. The molecule has 1 aromatic carbocycles. The molecule has 2 N–H and O–H groups in total. The largest absolute Gasteiger partial charge is 0.473 e. The molecule has 88 valence electrons. The zero-order valence-electron chi connectivity index (χ0n) is 9.35. The highest BCUT2D eigenvalue weighted by Crippen LogP contribution is 2.14. The summed E-state index contributed by atoms with van der Waals surface area (Å²) in [6, 6.07) is 9.21. The molecule has 1 aromatic heterocycles. The Morgan fingerprint density at radius 2 is 2.12 bits per heavy atom. The van der Waals surface area contributed by atoms with E-state index in [0.29, 0.717) is 17.5 Å². The normalized spacial score (nSPS) is 10.2. The van der Waals surface area contributed by atoms with E-state index in [1.807, 2.05) is 31.2 Å². The van der Waals surface area contributed by atoms with E-state index in [4.69, 9.17) is 22.1 Å². The second kappa shape index (κ2) is 5.01. The highest BCUT2D eigenvalue weighted by Gasteiger charge is 2.01. The summed E-state index contributed by atoms with van der Waals surface area (Å²) < 4.78 is 5.52. The van der Waals surface area contributed by atoms with E-state index in [-0.39, 0.29) is 5.95 Å². The predicted molar refractivity (Wildman–Crippen MR) is 67.0 cm³/mol. The van der Waals surface area contributed by atoms with Gasteiger partial charge in [-0.25, -0.2) is 4.98 Å². The zero-order valence-corrected chi connectivity index (χ0v) is 10.1. The second-order valence-electron chi connectivity index (χ2n) is 3.62. The van der Waals surface area contributed by atoms with E-state index in [9.17, 15) is 0 Å². The molecular formula is C12H12ClN3O. The molecule has 2 aromatic rings. The van der Waals surface area contributed by atoms with Crippen molar-refractivity contribution in [3.63, 3.8) is 0 Å². The molecule has 0 saturated carbocycles. The number of aromatic nitrogens is 2. The van der Waals surface area contributed by atoms with Gasteiger partial charge in [0.2, 0.25) is 11.8 Å². The number of anilines is 1. The number of benzene rings is 1. The SMILES string of the molecule is Cc1cc(OCc2cccc(Cl)c2)nc(N)n1. The van der Waals surface area contributed by atoms with Crippen LogP contribution in [0.5, 0.6) is 5.88 Å². The molecule has 0 saturated heterocycles. The van der Waals surface area contributed by atoms with Gasteiger partial charge in [0.25, 0.3) is 0 Å². The van der Waals surface area contributed by atoms with Crippen LogP contribution in [0.2, 0.25) is 5.02 Å². The van der Waals surface area contributed by atoms with Crippen LogP contribution in [0.1, 0.15) is 11.3 Å². The highest BCUT2D eigenvalue weighted by molar-refractivity contribution is 6.30. The molecule has 4 nitrogen and oxygen atoms in total. The maximum Gasteiger partial charge on any atom is 0.223 e. The highest BCUT2D eigenvalue weighted by atomic mass is 35.5. The number of hydrogen-bond donors (Lipinski definition) is 1. The van der Waals surface area contributed by atoms with Gasteiger partial charge < -0.3 is 10.5 Å². The van der Waals surface area contributed by atoms with Crippen molar-refractivity contribution in [1.29, 1.82) is 0 Å². The van der Waals surface area contributed by atoms with Crippen molar-refractivity contribution in [2.24, 2.45) is 0 Å². The molecule has 0 aliphatic carbocycles. The van der Waals surface area contributed by atoms with E-state index < -0.39 is 0 Å². The third-order valence-corrected chi connectivity index (χ3v) is 2.36. The minimum atomic E-state index is 0.214.